The van der Waals surface area contributed by atoms with Crippen molar-refractivity contribution in [3.8, 4) is 11.5 Å². The summed E-state index contributed by atoms with van der Waals surface area (Å²) in [6, 6.07) is 6.08. The van der Waals surface area contributed by atoms with E-state index in [4.69, 9.17) is 4.74 Å². The van der Waals surface area contributed by atoms with Crippen LogP contribution in [-0.2, 0) is 0 Å². The summed E-state index contributed by atoms with van der Waals surface area (Å²) in [5, 5.41) is 0. The molecule has 0 aliphatic heterocycles. The molecule has 6 heteroatoms. The van der Waals surface area contributed by atoms with Gasteiger partial charge in [0.25, 0.3) is 0 Å². The fraction of sp³-hybridized carbons (Fsp3) is 0. The molecule has 0 aliphatic carbocycles. The van der Waals surface area contributed by atoms with Crippen molar-refractivity contribution in [2.24, 2.45) is 0 Å². The monoisotopic (exact) mass is 330 g/mol. The molecule has 98 valence electrons. The van der Waals surface area contributed by atoms with Gasteiger partial charge in [0, 0.05) is 12.1 Å². The van der Waals surface area contributed by atoms with Gasteiger partial charge < -0.3 is 4.74 Å². The number of hydrogen-bond donors (Lipinski definition) is 0. The number of ether oxygens (including phenoxy) is 1. The van der Waals surface area contributed by atoms with Crippen LogP contribution in [-0.4, -0.2) is 6.29 Å². The number of rotatable bonds is 3. The highest BCUT2D eigenvalue weighted by atomic mass is 79.9. The predicted molar refractivity (Wildman–Crippen MR) is 65.9 cm³/mol. The van der Waals surface area contributed by atoms with Crippen molar-refractivity contribution in [1.29, 1.82) is 0 Å². The Hall–Kier alpha value is -1.82. The summed E-state index contributed by atoms with van der Waals surface area (Å²) in [7, 11) is 0. The van der Waals surface area contributed by atoms with Gasteiger partial charge in [-0.2, -0.15) is 0 Å². The van der Waals surface area contributed by atoms with Gasteiger partial charge in [0.2, 0.25) is 0 Å². The molecule has 0 bridgehead atoms. The van der Waals surface area contributed by atoms with Crippen molar-refractivity contribution in [2.45, 2.75) is 0 Å². The lowest BCUT2D eigenvalue weighted by molar-refractivity contribution is 0.112. The molecule has 0 saturated carbocycles. The summed E-state index contributed by atoms with van der Waals surface area (Å²) >= 11 is 3.15. The van der Waals surface area contributed by atoms with E-state index >= 15 is 0 Å². The minimum absolute atomic E-state index is 0.0999. The molecular weight excluding hydrogens is 325 g/mol. The molecule has 2 nitrogen and oxygen atoms in total. The minimum atomic E-state index is -1.57. The lowest BCUT2D eigenvalue weighted by atomic mass is 10.2. The van der Waals surface area contributed by atoms with Crippen LogP contribution in [0.5, 0.6) is 11.5 Å². The van der Waals surface area contributed by atoms with E-state index in [9.17, 15) is 18.0 Å². The minimum Gasteiger partial charge on any atom is -0.455 e. The Bertz CT molecular complexity index is 621. The van der Waals surface area contributed by atoms with Gasteiger partial charge in [0.15, 0.2) is 29.5 Å². The van der Waals surface area contributed by atoms with E-state index in [0.29, 0.717) is 22.9 Å². The fourth-order valence-electron chi connectivity index (χ4n) is 1.44. The average molecular weight is 331 g/mol. The molecule has 0 N–H and O–H groups in total. The lowest BCUT2D eigenvalue weighted by Crippen LogP contribution is -1.95. The summed E-state index contributed by atoms with van der Waals surface area (Å²) in [4.78, 5) is 10.8. The van der Waals surface area contributed by atoms with E-state index in [-0.39, 0.29) is 17.1 Å². The van der Waals surface area contributed by atoms with Gasteiger partial charge in [-0.3, -0.25) is 4.79 Å². The Balaban J connectivity index is 2.44. The second-order valence-corrected chi connectivity index (χ2v) is 4.43. The summed E-state index contributed by atoms with van der Waals surface area (Å²) in [5.41, 5.74) is 0.194. The van der Waals surface area contributed by atoms with Crippen molar-refractivity contribution in [2.75, 3.05) is 0 Å². The number of hydrogen-bond acceptors (Lipinski definition) is 2. The molecule has 2 rings (SSSR count). The van der Waals surface area contributed by atoms with Gasteiger partial charge >= 0.3 is 0 Å². The van der Waals surface area contributed by atoms with Gasteiger partial charge in [-0.1, -0.05) is 6.07 Å². The van der Waals surface area contributed by atoms with Crippen LogP contribution >= 0.6 is 15.9 Å². The first-order valence-corrected chi connectivity index (χ1v) is 5.88. The number of carbonyl (C=O) groups is 1. The largest absolute Gasteiger partial charge is 0.455 e. The summed E-state index contributed by atoms with van der Waals surface area (Å²) in [6.45, 7) is 0. The standard InChI is InChI=1S/C13H6BrF3O2/c14-9-3-1-2-7(6-18)13(9)19-8-4-10(15)12(17)11(16)5-8/h1-6H. The van der Waals surface area contributed by atoms with E-state index in [2.05, 4.69) is 15.9 Å². The van der Waals surface area contributed by atoms with E-state index in [1.54, 1.807) is 12.1 Å². The average Bonchev–Trinajstić information content (AvgIpc) is 2.38. The van der Waals surface area contributed by atoms with Crippen LogP contribution in [0.4, 0.5) is 13.2 Å². The van der Waals surface area contributed by atoms with E-state index in [0.717, 1.165) is 0 Å². The highest BCUT2D eigenvalue weighted by molar-refractivity contribution is 9.10. The molecule has 0 atom stereocenters. The van der Waals surface area contributed by atoms with Crippen LogP contribution < -0.4 is 4.74 Å². The van der Waals surface area contributed by atoms with Crippen LogP contribution in [0.25, 0.3) is 0 Å². The molecule has 2 aromatic carbocycles. The molecule has 0 heterocycles. The molecule has 2 aromatic rings. The number of para-hydroxylation sites is 1. The van der Waals surface area contributed by atoms with E-state index in [1.807, 2.05) is 0 Å². The van der Waals surface area contributed by atoms with Gasteiger partial charge in [0.05, 0.1) is 10.0 Å². The van der Waals surface area contributed by atoms with Gasteiger partial charge in [-0.05, 0) is 28.1 Å². The topological polar surface area (TPSA) is 26.3 Å². The molecule has 0 unspecified atom stereocenters. The highest BCUT2D eigenvalue weighted by Crippen LogP contribution is 2.33. The molecule has 0 aromatic heterocycles. The van der Waals surface area contributed by atoms with Crippen LogP contribution in [0.3, 0.4) is 0 Å². The quantitative estimate of drug-likeness (QED) is 0.613. The molecule has 0 aliphatic rings. The van der Waals surface area contributed by atoms with Gasteiger partial charge in [-0.25, -0.2) is 13.2 Å². The Morgan fingerprint density at radius 1 is 1.11 bits per heavy atom. The van der Waals surface area contributed by atoms with Crippen LogP contribution in [0, 0.1) is 17.5 Å². The van der Waals surface area contributed by atoms with Gasteiger partial charge in [-0.15, -0.1) is 0 Å². The second-order valence-electron chi connectivity index (χ2n) is 3.58. The first-order chi connectivity index (χ1) is 9.02. The lowest BCUT2D eigenvalue weighted by Gasteiger charge is -2.10. The van der Waals surface area contributed by atoms with Crippen LogP contribution in [0.1, 0.15) is 10.4 Å². The zero-order chi connectivity index (χ0) is 14.0. The Morgan fingerprint density at radius 3 is 2.32 bits per heavy atom. The fourth-order valence-corrected chi connectivity index (χ4v) is 1.90. The highest BCUT2D eigenvalue weighted by Gasteiger charge is 2.14. The third-order valence-corrected chi connectivity index (χ3v) is 2.93. The zero-order valence-corrected chi connectivity index (χ0v) is 10.9. The second kappa shape index (κ2) is 5.44. The molecule has 0 fully saturated rings. The first-order valence-electron chi connectivity index (χ1n) is 5.09. The third-order valence-electron chi connectivity index (χ3n) is 2.30. The first kappa shape index (κ1) is 13.6. The van der Waals surface area contributed by atoms with Crippen molar-refractivity contribution in [3.63, 3.8) is 0 Å². The number of carbonyl (C=O) groups excluding carboxylic acids is 1. The Labute approximate surface area is 114 Å². The predicted octanol–water partition coefficient (Wildman–Crippen LogP) is 4.47. The number of benzene rings is 2. The van der Waals surface area contributed by atoms with Crippen LogP contribution in [0.2, 0.25) is 0 Å². The summed E-state index contributed by atoms with van der Waals surface area (Å²) < 4.78 is 44.6. The summed E-state index contributed by atoms with van der Waals surface area (Å²) in [6.07, 6.45) is 0.538. The van der Waals surface area contributed by atoms with Crippen LogP contribution in [0.15, 0.2) is 34.8 Å². The molecule has 0 spiro atoms. The van der Waals surface area contributed by atoms with E-state index in [1.165, 1.54) is 6.07 Å². The maximum Gasteiger partial charge on any atom is 0.194 e. The SMILES string of the molecule is O=Cc1cccc(Br)c1Oc1cc(F)c(F)c(F)c1. The van der Waals surface area contributed by atoms with Crippen molar-refractivity contribution >= 4 is 22.2 Å². The molecule has 0 amide bonds. The maximum absolute atomic E-state index is 13.0. The van der Waals surface area contributed by atoms with Gasteiger partial charge in [0.1, 0.15) is 5.75 Å². The molecule has 0 radical (unpaired) electrons. The van der Waals surface area contributed by atoms with Crippen molar-refractivity contribution in [3.05, 3.63) is 57.8 Å². The van der Waals surface area contributed by atoms with Crippen molar-refractivity contribution in [1.82, 2.24) is 0 Å². The third kappa shape index (κ3) is 2.78. The molecule has 0 saturated heterocycles. The number of halogens is 4. The molecular formula is C13H6BrF3O2. The number of aldehydes is 1. The zero-order valence-electron chi connectivity index (χ0n) is 9.29. The van der Waals surface area contributed by atoms with Crippen molar-refractivity contribution < 1.29 is 22.7 Å². The smallest absolute Gasteiger partial charge is 0.194 e. The molecule has 19 heavy (non-hydrogen) atoms. The summed E-state index contributed by atoms with van der Waals surface area (Å²) in [5.74, 6) is -4.45. The Morgan fingerprint density at radius 2 is 1.74 bits per heavy atom. The normalized spacial score (nSPS) is 10.3. The Kier molecular flexibility index (Phi) is 3.90. The van der Waals surface area contributed by atoms with E-state index < -0.39 is 17.5 Å². The maximum atomic E-state index is 13.0.